The van der Waals surface area contributed by atoms with Crippen molar-refractivity contribution in [1.82, 2.24) is 15.5 Å². The van der Waals surface area contributed by atoms with Crippen molar-refractivity contribution >= 4 is 11.9 Å². The zero-order valence-corrected chi connectivity index (χ0v) is 11.2. The standard InChI is InChI=1S/C15H17N3O2/c19-14-13(16-15(20)17-14)12-6-8-18(9-7-12)10-11-4-2-1-3-5-11/h1-5H,6-10H2,(H2,16,17,19,20). The molecule has 0 atom stereocenters. The van der Waals surface area contributed by atoms with Crippen LogP contribution in [0.15, 0.2) is 41.6 Å². The van der Waals surface area contributed by atoms with E-state index in [0.29, 0.717) is 5.70 Å². The van der Waals surface area contributed by atoms with Gasteiger partial charge in [0, 0.05) is 19.6 Å². The number of hydrogen-bond donors (Lipinski definition) is 2. The molecule has 3 amide bonds. The fourth-order valence-electron chi connectivity index (χ4n) is 2.69. The molecular weight excluding hydrogens is 254 g/mol. The molecule has 0 spiro atoms. The minimum absolute atomic E-state index is 0.290. The highest BCUT2D eigenvalue weighted by molar-refractivity contribution is 6.12. The lowest BCUT2D eigenvalue weighted by molar-refractivity contribution is -0.115. The summed E-state index contributed by atoms with van der Waals surface area (Å²) in [6, 6.07) is 9.95. The summed E-state index contributed by atoms with van der Waals surface area (Å²) in [7, 11) is 0. The molecule has 104 valence electrons. The number of hydrogen-bond acceptors (Lipinski definition) is 3. The zero-order valence-electron chi connectivity index (χ0n) is 11.2. The third kappa shape index (κ3) is 2.72. The monoisotopic (exact) mass is 271 g/mol. The van der Waals surface area contributed by atoms with Crippen molar-refractivity contribution in [3.8, 4) is 0 Å². The zero-order chi connectivity index (χ0) is 13.9. The molecule has 2 saturated heterocycles. The number of likely N-dealkylation sites (tertiary alicyclic amines) is 1. The van der Waals surface area contributed by atoms with Crippen molar-refractivity contribution in [3.05, 3.63) is 47.2 Å². The molecule has 0 unspecified atom stereocenters. The Morgan fingerprint density at radius 2 is 1.70 bits per heavy atom. The quantitative estimate of drug-likeness (QED) is 0.631. The fraction of sp³-hybridized carbons (Fsp3) is 0.333. The van der Waals surface area contributed by atoms with Gasteiger partial charge >= 0.3 is 6.03 Å². The van der Waals surface area contributed by atoms with Crippen LogP contribution in [0.25, 0.3) is 0 Å². The van der Waals surface area contributed by atoms with E-state index in [1.54, 1.807) is 0 Å². The van der Waals surface area contributed by atoms with Crippen LogP contribution in [0.3, 0.4) is 0 Å². The molecule has 5 heteroatoms. The van der Waals surface area contributed by atoms with Crippen molar-refractivity contribution in [2.75, 3.05) is 13.1 Å². The first-order valence-corrected chi connectivity index (χ1v) is 6.83. The van der Waals surface area contributed by atoms with Gasteiger partial charge in [-0.05, 0) is 24.0 Å². The van der Waals surface area contributed by atoms with E-state index in [0.717, 1.165) is 38.0 Å². The average molecular weight is 271 g/mol. The van der Waals surface area contributed by atoms with E-state index < -0.39 is 6.03 Å². The Morgan fingerprint density at radius 1 is 1.00 bits per heavy atom. The lowest BCUT2D eigenvalue weighted by Gasteiger charge is -2.28. The molecule has 1 aromatic rings. The van der Waals surface area contributed by atoms with Gasteiger partial charge in [0.1, 0.15) is 5.70 Å². The first kappa shape index (κ1) is 12.9. The number of amides is 3. The van der Waals surface area contributed by atoms with Crippen LogP contribution in [0.2, 0.25) is 0 Å². The average Bonchev–Trinajstić information content (AvgIpc) is 2.80. The Kier molecular flexibility index (Phi) is 3.52. The topological polar surface area (TPSA) is 61.4 Å². The maximum absolute atomic E-state index is 11.6. The summed E-state index contributed by atoms with van der Waals surface area (Å²) in [5.41, 5.74) is 2.82. The lowest BCUT2D eigenvalue weighted by atomic mass is 10.0. The molecule has 5 nitrogen and oxygen atoms in total. The predicted octanol–water partition coefficient (Wildman–Crippen LogP) is 1.38. The Labute approximate surface area is 117 Å². The number of nitrogens with one attached hydrogen (secondary N) is 2. The second-order valence-electron chi connectivity index (χ2n) is 5.15. The number of urea groups is 1. The molecular formula is C15H17N3O2. The molecule has 0 bridgehead atoms. The minimum Gasteiger partial charge on any atom is -0.303 e. The van der Waals surface area contributed by atoms with E-state index in [9.17, 15) is 9.59 Å². The lowest BCUT2D eigenvalue weighted by Crippen LogP contribution is -2.31. The van der Waals surface area contributed by atoms with Crippen molar-refractivity contribution in [3.63, 3.8) is 0 Å². The molecule has 2 N–H and O–H groups in total. The van der Waals surface area contributed by atoms with Gasteiger partial charge in [0.15, 0.2) is 0 Å². The first-order valence-electron chi connectivity index (χ1n) is 6.83. The normalized spacial score (nSPS) is 20.0. The molecule has 20 heavy (non-hydrogen) atoms. The molecule has 0 aliphatic carbocycles. The van der Waals surface area contributed by atoms with Gasteiger partial charge in [-0.25, -0.2) is 4.79 Å². The van der Waals surface area contributed by atoms with E-state index in [-0.39, 0.29) is 5.91 Å². The minimum atomic E-state index is -0.413. The van der Waals surface area contributed by atoms with Crippen LogP contribution in [0.1, 0.15) is 18.4 Å². The third-order valence-corrected chi connectivity index (χ3v) is 3.75. The second-order valence-corrected chi connectivity index (χ2v) is 5.15. The van der Waals surface area contributed by atoms with Crippen LogP contribution in [-0.2, 0) is 11.3 Å². The van der Waals surface area contributed by atoms with Crippen LogP contribution in [0.5, 0.6) is 0 Å². The molecule has 2 heterocycles. The predicted molar refractivity (Wildman–Crippen MR) is 74.7 cm³/mol. The fourth-order valence-corrected chi connectivity index (χ4v) is 2.69. The van der Waals surface area contributed by atoms with Gasteiger partial charge < -0.3 is 5.32 Å². The maximum Gasteiger partial charge on any atom is 0.326 e. The van der Waals surface area contributed by atoms with Crippen LogP contribution in [-0.4, -0.2) is 29.9 Å². The summed E-state index contributed by atoms with van der Waals surface area (Å²) in [4.78, 5) is 25.1. The highest BCUT2D eigenvalue weighted by Crippen LogP contribution is 2.21. The summed E-state index contributed by atoms with van der Waals surface area (Å²) < 4.78 is 0. The van der Waals surface area contributed by atoms with E-state index in [1.165, 1.54) is 5.56 Å². The van der Waals surface area contributed by atoms with Gasteiger partial charge in [-0.3, -0.25) is 15.0 Å². The maximum atomic E-state index is 11.6. The summed E-state index contributed by atoms with van der Waals surface area (Å²) in [5.74, 6) is -0.290. The van der Waals surface area contributed by atoms with Crippen molar-refractivity contribution in [2.24, 2.45) is 0 Å². The largest absolute Gasteiger partial charge is 0.326 e. The molecule has 2 aliphatic heterocycles. The number of nitrogens with zero attached hydrogens (tertiary/aromatic N) is 1. The van der Waals surface area contributed by atoms with E-state index in [4.69, 9.17) is 0 Å². The molecule has 0 aromatic heterocycles. The van der Waals surface area contributed by atoms with Gasteiger partial charge in [-0.15, -0.1) is 0 Å². The van der Waals surface area contributed by atoms with Crippen LogP contribution in [0.4, 0.5) is 4.79 Å². The highest BCUT2D eigenvalue weighted by Gasteiger charge is 2.28. The Morgan fingerprint density at radius 3 is 2.30 bits per heavy atom. The summed E-state index contributed by atoms with van der Waals surface area (Å²) in [6.07, 6.45) is 1.66. The van der Waals surface area contributed by atoms with Crippen LogP contribution >= 0.6 is 0 Å². The summed E-state index contributed by atoms with van der Waals surface area (Å²) in [5, 5.41) is 4.85. The number of piperidine rings is 1. The Hall–Kier alpha value is -2.14. The van der Waals surface area contributed by atoms with Gasteiger partial charge in [0.2, 0.25) is 0 Å². The molecule has 2 fully saturated rings. The number of carbonyl (C=O) groups is 2. The Balaban J connectivity index is 1.61. The third-order valence-electron chi connectivity index (χ3n) is 3.75. The van der Waals surface area contributed by atoms with Gasteiger partial charge in [-0.1, -0.05) is 30.3 Å². The summed E-state index contributed by atoms with van der Waals surface area (Å²) >= 11 is 0. The van der Waals surface area contributed by atoms with Crippen molar-refractivity contribution in [2.45, 2.75) is 19.4 Å². The van der Waals surface area contributed by atoms with Crippen molar-refractivity contribution < 1.29 is 9.59 Å². The second kappa shape index (κ2) is 5.46. The molecule has 1 aromatic carbocycles. The van der Waals surface area contributed by atoms with Crippen LogP contribution in [0, 0.1) is 0 Å². The number of rotatable bonds is 2. The molecule has 0 radical (unpaired) electrons. The highest BCUT2D eigenvalue weighted by atomic mass is 16.2. The molecule has 0 saturated carbocycles. The van der Waals surface area contributed by atoms with Gasteiger partial charge in [0.05, 0.1) is 0 Å². The number of carbonyl (C=O) groups excluding carboxylic acids is 2. The first-order chi connectivity index (χ1) is 9.72. The Bertz CT molecular complexity index is 556. The van der Waals surface area contributed by atoms with Crippen LogP contribution < -0.4 is 10.6 Å². The van der Waals surface area contributed by atoms with E-state index in [1.807, 2.05) is 18.2 Å². The van der Waals surface area contributed by atoms with Crippen molar-refractivity contribution in [1.29, 1.82) is 0 Å². The van der Waals surface area contributed by atoms with E-state index >= 15 is 0 Å². The smallest absolute Gasteiger partial charge is 0.303 e. The molecule has 2 aliphatic rings. The van der Waals surface area contributed by atoms with Gasteiger partial charge in [-0.2, -0.15) is 0 Å². The molecule has 3 rings (SSSR count). The van der Waals surface area contributed by atoms with Gasteiger partial charge in [0.25, 0.3) is 5.91 Å². The number of imide groups is 1. The number of benzene rings is 1. The summed E-state index contributed by atoms with van der Waals surface area (Å²) in [6.45, 7) is 2.76. The van der Waals surface area contributed by atoms with E-state index in [2.05, 4.69) is 27.7 Å². The SMILES string of the molecule is O=C1NC(=O)C(=C2CCN(Cc3ccccc3)CC2)N1.